The molecule has 1 aromatic rings. The molecule has 0 spiro atoms. The van der Waals surface area contributed by atoms with E-state index in [4.69, 9.17) is 0 Å². The van der Waals surface area contributed by atoms with Gasteiger partial charge in [0.25, 0.3) is 0 Å². The van der Waals surface area contributed by atoms with Crippen LogP contribution in [0.3, 0.4) is 0 Å². The zero-order valence-corrected chi connectivity index (χ0v) is 10.3. The van der Waals surface area contributed by atoms with Gasteiger partial charge < -0.3 is 5.32 Å². The molecule has 0 saturated heterocycles. The third-order valence-electron chi connectivity index (χ3n) is 2.95. The number of aryl methyl sites for hydroxylation is 1. The van der Waals surface area contributed by atoms with Crippen LogP contribution in [0.15, 0.2) is 6.20 Å². The quantitative estimate of drug-likeness (QED) is 0.869. The smallest absolute Gasteiger partial charge is 0.313 e. The number of rotatable bonds is 5. The van der Waals surface area contributed by atoms with Crippen molar-refractivity contribution < 1.29 is 13.2 Å². The van der Waals surface area contributed by atoms with Gasteiger partial charge in [-0.1, -0.05) is 0 Å². The minimum atomic E-state index is -4.07. The van der Waals surface area contributed by atoms with Gasteiger partial charge in [-0.05, 0) is 26.8 Å². The summed E-state index contributed by atoms with van der Waals surface area (Å²) in [5, 5.41) is 7.13. The van der Waals surface area contributed by atoms with E-state index < -0.39 is 12.6 Å². The number of nitrogens with one attached hydrogen (secondary N) is 1. The standard InChI is InChI=1S/C11H18F3N3/c1-8-9(7-16-17(8)3)10(15-2)5-4-6-11(12,13)14/h7,10,15H,4-6H2,1-3H3. The molecule has 0 saturated carbocycles. The molecule has 0 bridgehead atoms. The van der Waals surface area contributed by atoms with Gasteiger partial charge in [0.15, 0.2) is 0 Å². The van der Waals surface area contributed by atoms with Crippen molar-refractivity contribution in [2.45, 2.75) is 38.4 Å². The van der Waals surface area contributed by atoms with Gasteiger partial charge in [-0.2, -0.15) is 18.3 Å². The molecule has 1 rings (SSSR count). The fourth-order valence-corrected chi connectivity index (χ4v) is 1.82. The Balaban J connectivity index is 2.58. The minimum absolute atomic E-state index is 0.0638. The average molecular weight is 249 g/mol. The number of nitrogens with zero attached hydrogens (tertiary/aromatic N) is 2. The van der Waals surface area contributed by atoms with Gasteiger partial charge in [-0.25, -0.2) is 0 Å². The van der Waals surface area contributed by atoms with Gasteiger partial charge in [0.1, 0.15) is 0 Å². The molecule has 0 aliphatic heterocycles. The maximum absolute atomic E-state index is 12.1. The third-order valence-corrected chi connectivity index (χ3v) is 2.95. The molecule has 0 amide bonds. The maximum Gasteiger partial charge on any atom is 0.389 e. The highest BCUT2D eigenvalue weighted by molar-refractivity contribution is 5.20. The van der Waals surface area contributed by atoms with Crippen molar-refractivity contribution in [2.24, 2.45) is 7.05 Å². The van der Waals surface area contributed by atoms with Crippen LogP contribution in [0.4, 0.5) is 13.2 Å². The van der Waals surface area contributed by atoms with E-state index in [9.17, 15) is 13.2 Å². The molecule has 17 heavy (non-hydrogen) atoms. The first-order valence-corrected chi connectivity index (χ1v) is 5.57. The first-order valence-electron chi connectivity index (χ1n) is 5.57. The summed E-state index contributed by atoms with van der Waals surface area (Å²) < 4.78 is 37.9. The molecule has 1 heterocycles. The van der Waals surface area contributed by atoms with Crippen LogP contribution in [0.1, 0.15) is 36.6 Å². The zero-order valence-electron chi connectivity index (χ0n) is 10.3. The zero-order chi connectivity index (χ0) is 13.1. The van der Waals surface area contributed by atoms with Crippen molar-refractivity contribution in [3.8, 4) is 0 Å². The lowest BCUT2D eigenvalue weighted by atomic mass is 10.0. The van der Waals surface area contributed by atoms with Crippen LogP contribution in [-0.4, -0.2) is 23.0 Å². The fourth-order valence-electron chi connectivity index (χ4n) is 1.82. The Kier molecular flexibility index (Phi) is 4.56. The second-order valence-corrected chi connectivity index (χ2v) is 4.16. The number of aromatic nitrogens is 2. The fraction of sp³-hybridized carbons (Fsp3) is 0.727. The highest BCUT2D eigenvalue weighted by Gasteiger charge is 2.27. The second-order valence-electron chi connectivity index (χ2n) is 4.16. The normalized spacial score (nSPS) is 14.0. The largest absolute Gasteiger partial charge is 0.389 e. The van der Waals surface area contributed by atoms with E-state index in [1.54, 1.807) is 17.9 Å². The molecule has 0 aliphatic rings. The number of halogens is 3. The third kappa shape index (κ3) is 4.03. The Hall–Kier alpha value is -1.04. The SMILES string of the molecule is CNC(CCCC(F)(F)F)c1cnn(C)c1C. The molecule has 0 radical (unpaired) electrons. The molecule has 98 valence electrons. The summed E-state index contributed by atoms with van der Waals surface area (Å²) in [6.07, 6.45) is -2.50. The van der Waals surface area contributed by atoms with Gasteiger partial charge in [0, 0.05) is 30.8 Å². The predicted molar refractivity (Wildman–Crippen MR) is 59.7 cm³/mol. The summed E-state index contributed by atoms with van der Waals surface area (Å²) in [5.41, 5.74) is 1.95. The van der Waals surface area contributed by atoms with Crippen LogP contribution in [-0.2, 0) is 7.05 Å². The highest BCUT2D eigenvalue weighted by atomic mass is 19.4. The first kappa shape index (κ1) is 14.0. The van der Waals surface area contributed by atoms with Gasteiger partial charge in [-0.3, -0.25) is 4.68 Å². The van der Waals surface area contributed by atoms with Crippen LogP contribution in [0, 0.1) is 6.92 Å². The molecule has 0 aromatic carbocycles. The van der Waals surface area contributed by atoms with Gasteiger partial charge in [0.05, 0.1) is 6.20 Å². The molecule has 6 heteroatoms. The van der Waals surface area contributed by atoms with E-state index in [0.29, 0.717) is 6.42 Å². The summed E-state index contributed by atoms with van der Waals surface area (Å²) in [7, 11) is 3.58. The van der Waals surface area contributed by atoms with Crippen LogP contribution >= 0.6 is 0 Å². The lowest BCUT2D eigenvalue weighted by Crippen LogP contribution is -2.18. The van der Waals surface area contributed by atoms with Crippen LogP contribution < -0.4 is 5.32 Å². The molecule has 1 N–H and O–H groups in total. The lowest BCUT2D eigenvalue weighted by Gasteiger charge is -2.16. The predicted octanol–water partition coefficient (Wildman–Crippen LogP) is 2.72. The summed E-state index contributed by atoms with van der Waals surface area (Å²) in [5.74, 6) is 0. The number of hydrogen-bond acceptors (Lipinski definition) is 2. The van der Waals surface area contributed by atoms with E-state index >= 15 is 0 Å². The lowest BCUT2D eigenvalue weighted by molar-refractivity contribution is -0.135. The van der Waals surface area contributed by atoms with Crippen LogP contribution in [0.5, 0.6) is 0 Å². The van der Waals surface area contributed by atoms with E-state index in [1.807, 2.05) is 14.0 Å². The van der Waals surface area contributed by atoms with E-state index in [2.05, 4.69) is 10.4 Å². The molecule has 0 fully saturated rings. The average Bonchev–Trinajstić information content (AvgIpc) is 2.54. The van der Waals surface area contributed by atoms with Crippen LogP contribution in [0.25, 0.3) is 0 Å². The number of hydrogen-bond donors (Lipinski definition) is 1. The van der Waals surface area contributed by atoms with E-state index in [1.165, 1.54) is 0 Å². The van der Waals surface area contributed by atoms with Crippen LogP contribution in [0.2, 0.25) is 0 Å². The van der Waals surface area contributed by atoms with Crippen molar-refractivity contribution in [3.63, 3.8) is 0 Å². The highest BCUT2D eigenvalue weighted by Crippen LogP contribution is 2.27. The van der Waals surface area contributed by atoms with Crippen molar-refractivity contribution in [1.29, 1.82) is 0 Å². The molecular formula is C11H18F3N3. The molecule has 1 unspecified atom stereocenters. The molecule has 3 nitrogen and oxygen atoms in total. The summed E-state index contributed by atoms with van der Waals surface area (Å²) >= 11 is 0. The van der Waals surface area contributed by atoms with Crippen molar-refractivity contribution >= 4 is 0 Å². The second kappa shape index (κ2) is 5.53. The summed E-state index contributed by atoms with van der Waals surface area (Å²) in [6, 6.07) is -0.0638. The summed E-state index contributed by atoms with van der Waals surface area (Å²) in [4.78, 5) is 0. The van der Waals surface area contributed by atoms with Crippen molar-refractivity contribution in [3.05, 3.63) is 17.5 Å². The van der Waals surface area contributed by atoms with E-state index in [-0.39, 0.29) is 12.5 Å². The van der Waals surface area contributed by atoms with Crippen molar-refractivity contribution in [1.82, 2.24) is 15.1 Å². The Morgan fingerprint density at radius 2 is 2.12 bits per heavy atom. The topological polar surface area (TPSA) is 29.9 Å². The van der Waals surface area contributed by atoms with E-state index in [0.717, 1.165) is 11.3 Å². The molecular weight excluding hydrogens is 231 g/mol. The Morgan fingerprint density at radius 3 is 2.53 bits per heavy atom. The molecule has 0 aliphatic carbocycles. The Bertz CT molecular complexity index is 357. The minimum Gasteiger partial charge on any atom is -0.313 e. The maximum atomic E-state index is 12.1. The first-order chi connectivity index (χ1) is 7.85. The monoisotopic (exact) mass is 249 g/mol. The molecule has 1 atom stereocenters. The van der Waals surface area contributed by atoms with Gasteiger partial charge >= 0.3 is 6.18 Å². The number of alkyl halides is 3. The Morgan fingerprint density at radius 1 is 1.47 bits per heavy atom. The van der Waals surface area contributed by atoms with Gasteiger partial charge in [0.2, 0.25) is 0 Å². The molecule has 1 aromatic heterocycles. The van der Waals surface area contributed by atoms with Gasteiger partial charge in [-0.15, -0.1) is 0 Å². The summed E-state index contributed by atoms with van der Waals surface area (Å²) in [6.45, 7) is 1.91. The Labute approximate surface area is 99.0 Å². The van der Waals surface area contributed by atoms with Crippen molar-refractivity contribution in [2.75, 3.05) is 7.05 Å².